The lowest BCUT2D eigenvalue weighted by Gasteiger charge is -2.23. The molecule has 0 aliphatic carbocycles. The number of hydrogen-bond donors (Lipinski definition) is 4. The summed E-state index contributed by atoms with van der Waals surface area (Å²) >= 11 is 0. The van der Waals surface area contributed by atoms with Crippen LogP contribution in [0.3, 0.4) is 0 Å². The monoisotopic (exact) mass is 930 g/mol. The number of unbranched alkanes of at least 4 members (excludes halogenated alkanes) is 7. The molecule has 16 nitrogen and oxygen atoms in total. The highest BCUT2D eigenvalue weighted by Gasteiger charge is 2.20. The fourth-order valence-corrected chi connectivity index (χ4v) is 6.38. The number of para-hydroxylation sites is 1. The van der Waals surface area contributed by atoms with E-state index in [2.05, 4.69) is 43.3 Å². The number of nitrogens with zero attached hydrogens (tertiary/aromatic N) is 2. The molecule has 0 aliphatic heterocycles. The van der Waals surface area contributed by atoms with E-state index in [9.17, 15) is 28.8 Å². The second-order valence-corrected chi connectivity index (χ2v) is 16.1. The van der Waals surface area contributed by atoms with E-state index < -0.39 is 5.97 Å². The molecule has 1 rings (SSSR count). The Hall–Kier alpha value is -5.12. The van der Waals surface area contributed by atoms with Crippen molar-refractivity contribution in [1.82, 2.24) is 25.9 Å². The summed E-state index contributed by atoms with van der Waals surface area (Å²) in [6.45, 7) is 18.1. The van der Waals surface area contributed by atoms with E-state index >= 15 is 0 Å². The number of nitrogens with one attached hydrogen (secondary N) is 3. The molecule has 0 bridgehead atoms. The summed E-state index contributed by atoms with van der Waals surface area (Å²) in [5, 5.41) is 19.0. The topological polar surface area (TPSA) is 202 Å². The van der Waals surface area contributed by atoms with Crippen LogP contribution in [0.15, 0.2) is 42.2 Å². The maximum atomic E-state index is 13.6. The molecule has 0 saturated carbocycles. The second-order valence-electron chi connectivity index (χ2n) is 16.1. The Morgan fingerprint density at radius 2 is 1.24 bits per heavy atom. The lowest BCUT2D eigenvalue weighted by atomic mass is 10.1. The first-order chi connectivity index (χ1) is 31.9. The number of carbonyl (C=O) groups excluding carboxylic acids is 5. The summed E-state index contributed by atoms with van der Waals surface area (Å²) in [7, 11) is 0. The minimum Gasteiger partial charge on any atom is -0.493 e. The van der Waals surface area contributed by atoms with Gasteiger partial charge in [-0.1, -0.05) is 79.0 Å². The van der Waals surface area contributed by atoms with Crippen LogP contribution in [0.1, 0.15) is 167 Å². The molecule has 374 valence electrons. The Labute approximate surface area is 394 Å². The summed E-state index contributed by atoms with van der Waals surface area (Å²) in [5.41, 5.74) is 0.803. The minimum atomic E-state index is -1.04. The van der Waals surface area contributed by atoms with Crippen molar-refractivity contribution in [3.8, 4) is 11.5 Å². The van der Waals surface area contributed by atoms with Gasteiger partial charge in [-0.2, -0.15) is 0 Å². The molecule has 0 aromatic heterocycles. The van der Waals surface area contributed by atoms with Crippen molar-refractivity contribution in [3.05, 3.63) is 47.7 Å². The van der Waals surface area contributed by atoms with Gasteiger partial charge < -0.3 is 40.2 Å². The number of carboxylic acids is 1. The fraction of sp³-hybridized carbons (Fsp3) is 0.680. The Morgan fingerprint density at radius 1 is 0.636 bits per heavy atom. The first kappa shape index (κ1) is 58.9. The SMILES string of the molecule is C=C(OCCCC)/C(=C\CC)C(=O)NCCCCN(CCCNC(=O)c1cccc(OCCCC)c1OCCCC)C(=O)CCC(=O)NCCCCCN(OCCCC)C(=O)CCC(=O)O. The van der Waals surface area contributed by atoms with E-state index in [1.807, 2.05) is 19.9 Å². The number of aliphatic carboxylic acids is 1. The molecule has 66 heavy (non-hydrogen) atoms. The van der Waals surface area contributed by atoms with Crippen molar-refractivity contribution in [1.29, 1.82) is 0 Å². The standard InChI is InChI=1S/C50H83N5O11/c1-7-12-36-63-40(6)41(23-11-5)49(61)52-31-18-20-33-54(34-22-32-53-50(62)42-24-21-25-43(64-37-13-8-2)48(42)65-38-14-9-3)45(57)27-26-44(56)51-30-17-16-19-35-55(66-39-15-10-4)46(58)28-29-47(59)60/h21,23-25H,6-20,22,26-39H2,1-5H3,(H,51,56)(H,52,61)(H,53,62)(H,59,60)/b41-23+. The van der Waals surface area contributed by atoms with Crippen molar-refractivity contribution in [2.75, 3.05) is 65.7 Å². The molecule has 0 fully saturated rings. The van der Waals surface area contributed by atoms with Gasteiger partial charge in [-0.3, -0.25) is 33.6 Å². The van der Waals surface area contributed by atoms with Crippen molar-refractivity contribution in [3.63, 3.8) is 0 Å². The first-order valence-corrected chi connectivity index (χ1v) is 24.6. The average molecular weight is 930 g/mol. The summed E-state index contributed by atoms with van der Waals surface area (Å²) in [6.07, 6.45) is 12.8. The van der Waals surface area contributed by atoms with Gasteiger partial charge in [0.25, 0.3) is 11.8 Å². The van der Waals surface area contributed by atoms with E-state index in [1.54, 1.807) is 23.1 Å². The highest BCUT2D eigenvalue weighted by Crippen LogP contribution is 2.32. The summed E-state index contributed by atoms with van der Waals surface area (Å²) in [4.78, 5) is 83.6. The fourth-order valence-electron chi connectivity index (χ4n) is 6.38. The smallest absolute Gasteiger partial charge is 0.303 e. The first-order valence-electron chi connectivity index (χ1n) is 24.6. The zero-order chi connectivity index (χ0) is 48.8. The Balaban J connectivity index is 2.84. The highest BCUT2D eigenvalue weighted by atomic mass is 16.7. The number of carbonyl (C=O) groups is 6. The van der Waals surface area contributed by atoms with Gasteiger partial charge in [-0.05, 0) is 82.8 Å². The largest absolute Gasteiger partial charge is 0.493 e. The Bertz CT molecular complexity index is 1620. The molecule has 0 aliphatic rings. The molecule has 0 radical (unpaired) electrons. The van der Waals surface area contributed by atoms with Crippen LogP contribution in [0, 0.1) is 0 Å². The molecular formula is C50H83N5O11. The van der Waals surface area contributed by atoms with E-state index in [1.165, 1.54) is 5.06 Å². The molecule has 0 spiro atoms. The third kappa shape index (κ3) is 26.7. The van der Waals surface area contributed by atoms with Gasteiger partial charge in [-0.15, -0.1) is 0 Å². The second kappa shape index (κ2) is 38.0. The average Bonchev–Trinajstić information content (AvgIpc) is 3.30. The predicted molar refractivity (Wildman–Crippen MR) is 257 cm³/mol. The van der Waals surface area contributed by atoms with Crippen LogP contribution < -0.4 is 25.4 Å². The maximum Gasteiger partial charge on any atom is 0.303 e. The van der Waals surface area contributed by atoms with Gasteiger partial charge >= 0.3 is 5.97 Å². The zero-order valence-corrected chi connectivity index (χ0v) is 40.9. The van der Waals surface area contributed by atoms with Crippen molar-refractivity contribution in [2.45, 2.75) is 157 Å². The van der Waals surface area contributed by atoms with Crippen LogP contribution in [-0.4, -0.2) is 116 Å². The normalized spacial score (nSPS) is 11.1. The minimum absolute atomic E-state index is 0.00599. The number of hydroxylamine groups is 2. The molecule has 4 N–H and O–H groups in total. The number of ether oxygens (including phenoxy) is 3. The molecule has 1 aromatic rings. The summed E-state index contributed by atoms with van der Waals surface area (Å²) in [6, 6.07) is 5.30. The molecule has 0 unspecified atom stereocenters. The third-order valence-corrected chi connectivity index (χ3v) is 10.3. The number of carboxylic acid groups (broad SMARTS) is 1. The van der Waals surface area contributed by atoms with Crippen molar-refractivity contribution < 1.29 is 52.9 Å². The van der Waals surface area contributed by atoms with Gasteiger partial charge in [0.2, 0.25) is 17.7 Å². The van der Waals surface area contributed by atoms with Crippen LogP contribution in [0.5, 0.6) is 11.5 Å². The molecule has 0 saturated heterocycles. The quantitative estimate of drug-likeness (QED) is 0.0163. The molecule has 5 amide bonds. The van der Waals surface area contributed by atoms with Gasteiger partial charge in [0, 0.05) is 58.5 Å². The van der Waals surface area contributed by atoms with Gasteiger partial charge in [-0.25, -0.2) is 5.06 Å². The molecule has 0 atom stereocenters. The lowest BCUT2D eigenvalue weighted by Crippen LogP contribution is -2.36. The van der Waals surface area contributed by atoms with Crippen LogP contribution in [0.4, 0.5) is 0 Å². The van der Waals surface area contributed by atoms with E-state index in [-0.39, 0.29) is 55.2 Å². The number of hydrogen-bond acceptors (Lipinski definition) is 10. The highest BCUT2D eigenvalue weighted by molar-refractivity contribution is 5.98. The van der Waals surface area contributed by atoms with Crippen LogP contribution in [-0.2, 0) is 33.5 Å². The molecule has 16 heteroatoms. The predicted octanol–water partition coefficient (Wildman–Crippen LogP) is 8.05. The van der Waals surface area contributed by atoms with Crippen LogP contribution >= 0.6 is 0 Å². The lowest BCUT2D eigenvalue weighted by molar-refractivity contribution is -0.188. The summed E-state index contributed by atoms with van der Waals surface area (Å²) in [5.74, 6) is -1.09. The Kier molecular flexibility index (Phi) is 33.9. The van der Waals surface area contributed by atoms with Crippen molar-refractivity contribution >= 4 is 35.5 Å². The van der Waals surface area contributed by atoms with Gasteiger partial charge in [0.05, 0.1) is 44.0 Å². The van der Waals surface area contributed by atoms with Crippen LogP contribution in [0.2, 0.25) is 0 Å². The van der Waals surface area contributed by atoms with Crippen molar-refractivity contribution in [2.24, 2.45) is 0 Å². The number of allylic oxidation sites excluding steroid dienone is 1. The number of benzene rings is 1. The summed E-state index contributed by atoms with van der Waals surface area (Å²) < 4.78 is 17.7. The third-order valence-electron chi connectivity index (χ3n) is 10.3. The Morgan fingerprint density at radius 3 is 1.94 bits per heavy atom. The number of amides is 5. The number of rotatable bonds is 41. The molecule has 0 heterocycles. The van der Waals surface area contributed by atoms with Gasteiger partial charge in [0.1, 0.15) is 5.76 Å². The van der Waals surface area contributed by atoms with E-state index in [0.717, 1.165) is 51.4 Å². The molecular weight excluding hydrogens is 847 g/mol. The van der Waals surface area contributed by atoms with E-state index in [4.69, 9.17) is 24.2 Å². The van der Waals surface area contributed by atoms with Gasteiger partial charge in [0.15, 0.2) is 11.5 Å². The van der Waals surface area contributed by atoms with E-state index in [0.29, 0.717) is 139 Å². The maximum absolute atomic E-state index is 13.6. The molecule has 1 aromatic carbocycles. The zero-order valence-electron chi connectivity index (χ0n) is 40.9. The van der Waals surface area contributed by atoms with Crippen LogP contribution in [0.25, 0.3) is 0 Å².